The number of aromatic nitrogens is 1. The molecule has 1 heterocycles. The van der Waals surface area contributed by atoms with Crippen LogP contribution in [-0.4, -0.2) is 23.8 Å². The maximum atomic E-state index is 12.5. The fourth-order valence-corrected chi connectivity index (χ4v) is 1.12. The summed E-state index contributed by atoms with van der Waals surface area (Å²) in [7, 11) is 0. The number of carbonyl (C=O) groups excluding carboxylic acids is 2. The zero-order valence-electron chi connectivity index (χ0n) is 8.75. The van der Waals surface area contributed by atoms with E-state index in [-0.39, 0.29) is 18.5 Å². The molecule has 0 aliphatic carbocycles. The van der Waals surface area contributed by atoms with Crippen LogP contribution in [0.3, 0.4) is 0 Å². The van der Waals surface area contributed by atoms with Crippen molar-refractivity contribution in [3.63, 3.8) is 0 Å². The van der Waals surface area contributed by atoms with E-state index in [1.807, 2.05) is 0 Å². The van der Waals surface area contributed by atoms with Crippen molar-refractivity contribution < 1.29 is 27.5 Å². The maximum Gasteiger partial charge on any atom is 0.418 e. The summed E-state index contributed by atoms with van der Waals surface area (Å²) in [4.78, 5) is 24.9. The predicted octanol–water partition coefficient (Wildman–Crippen LogP) is 2.09. The molecule has 0 atom stereocenters. The third-order valence-electron chi connectivity index (χ3n) is 1.85. The molecular weight excluding hydrogens is 239 g/mol. The third kappa shape index (κ3) is 3.02. The van der Waals surface area contributed by atoms with Crippen LogP contribution in [0.25, 0.3) is 0 Å². The van der Waals surface area contributed by atoms with E-state index in [1.165, 1.54) is 6.92 Å². The van der Waals surface area contributed by atoms with Gasteiger partial charge in [-0.25, -0.2) is 4.79 Å². The van der Waals surface area contributed by atoms with Gasteiger partial charge >= 0.3 is 12.1 Å². The van der Waals surface area contributed by atoms with Crippen LogP contribution in [0.2, 0.25) is 0 Å². The minimum Gasteiger partial charge on any atom is -0.462 e. The van der Waals surface area contributed by atoms with Gasteiger partial charge in [-0.2, -0.15) is 13.2 Å². The number of nitrogens with zero attached hydrogens (tertiary/aromatic N) is 1. The van der Waals surface area contributed by atoms with Gasteiger partial charge < -0.3 is 4.74 Å². The molecule has 17 heavy (non-hydrogen) atoms. The Morgan fingerprint density at radius 3 is 2.65 bits per heavy atom. The molecule has 0 unspecified atom stereocenters. The van der Waals surface area contributed by atoms with E-state index in [2.05, 4.69) is 9.72 Å². The van der Waals surface area contributed by atoms with Crippen LogP contribution in [0.5, 0.6) is 0 Å². The van der Waals surface area contributed by atoms with Gasteiger partial charge in [0.1, 0.15) is 5.69 Å². The summed E-state index contributed by atoms with van der Waals surface area (Å²) in [5.74, 6) is -0.914. The molecule has 1 aromatic heterocycles. The van der Waals surface area contributed by atoms with Crippen molar-refractivity contribution in [3.05, 3.63) is 29.1 Å². The van der Waals surface area contributed by atoms with Crippen LogP contribution in [0.4, 0.5) is 13.2 Å². The van der Waals surface area contributed by atoms with Gasteiger partial charge in [-0.3, -0.25) is 9.78 Å². The van der Waals surface area contributed by atoms with Crippen LogP contribution >= 0.6 is 0 Å². The van der Waals surface area contributed by atoms with Crippen molar-refractivity contribution >= 4 is 12.3 Å². The van der Waals surface area contributed by atoms with E-state index >= 15 is 0 Å². The first kappa shape index (κ1) is 13.1. The quantitative estimate of drug-likeness (QED) is 0.606. The van der Waals surface area contributed by atoms with Gasteiger partial charge in [0.05, 0.1) is 17.7 Å². The highest BCUT2D eigenvalue weighted by Crippen LogP contribution is 2.31. The van der Waals surface area contributed by atoms with Gasteiger partial charge in [-0.05, 0) is 13.0 Å². The summed E-state index contributed by atoms with van der Waals surface area (Å²) in [5, 5.41) is 0. The SMILES string of the molecule is CCOC(=O)c1cnc(C=O)c(C(F)(F)F)c1. The number of aldehydes is 1. The van der Waals surface area contributed by atoms with Gasteiger partial charge in [0.15, 0.2) is 6.29 Å². The van der Waals surface area contributed by atoms with E-state index < -0.39 is 23.4 Å². The van der Waals surface area contributed by atoms with E-state index in [9.17, 15) is 22.8 Å². The Kier molecular flexibility index (Phi) is 3.82. The van der Waals surface area contributed by atoms with Crippen LogP contribution < -0.4 is 0 Å². The third-order valence-corrected chi connectivity index (χ3v) is 1.85. The van der Waals surface area contributed by atoms with E-state index in [0.29, 0.717) is 6.07 Å². The second-order valence-corrected chi connectivity index (χ2v) is 2.99. The number of carbonyl (C=O) groups is 2. The Morgan fingerprint density at radius 1 is 1.53 bits per heavy atom. The Bertz CT molecular complexity index is 443. The largest absolute Gasteiger partial charge is 0.462 e. The lowest BCUT2D eigenvalue weighted by molar-refractivity contribution is -0.138. The van der Waals surface area contributed by atoms with E-state index in [4.69, 9.17) is 0 Å². The number of pyridine rings is 1. The summed E-state index contributed by atoms with van der Waals surface area (Å²) in [6.45, 7) is 1.56. The standard InChI is InChI=1S/C10H8F3NO3/c1-2-17-9(16)6-3-7(10(11,12)13)8(5-15)14-4-6/h3-5H,2H2,1H3. The number of hydrogen-bond acceptors (Lipinski definition) is 4. The molecule has 4 nitrogen and oxygen atoms in total. The average Bonchev–Trinajstić information content (AvgIpc) is 2.27. The monoisotopic (exact) mass is 247 g/mol. The maximum absolute atomic E-state index is 12.5. The van der Waals surface area contributed by atoms with E-state index in [0.717, 1.165) is 6.20 Å². The number of hydrogen-bond donors (Lipinski definition) is 0. The highest BCUT2D eigenvalue weighted by molar-refractivity contribution is 5.90. The summed E-state index contributed by atoms with van der Waals surface area (Å²) in [5.41, 5.74) is -2.35. The van der Waals surface area contributed by atoms with Gasteiger partial charge in [0.2, 0.25) is 0 Å². The molecule has 0 aliphatic rings. The van der Waals surface area contributed by atoms with Gasteiger partial charge in [0.25, 0.3) is 0 Å². The molecule has 0 fully saturated rings. The number of halogens is 3. The highest BCUT2D eigenvalue weighted by Gasteiger charge is 2.35. The van der Waals surface area contributed by atoms with Crippen molar-refractivity contribution in [2.75, 3.05) is 6.61 Å². The Hall–Kier alpha value is -1.92. The zero-order valence-corrected chi connectivity index (χ0v) is 8.75. The Balaban J connectivity index is 3.23. The number of rotatable bonds is 3. The molecule has 1 rings (SSSR count). The Labute approximate surface area is 94.4 Å². The van der Waals surface area contributed by atoms with Crippen LogP contribution in [0, 0.1) is 0 Å². The molecule has 1 aromatic rings. The molecule has 0 bridgehead atoms. The number of esters is 1. The second kappa shape index (κ2) is 4.94. The number of ether oxygens (including phenoxy) is 1. The molecule has 0 N–H and O–H groups in total. The lowest BCUT2D eigenvalue weighted by Crippen LogP contribution is -2.14. The molecule has 0 spiro atoms. The second-order valence-electron chi connectivity index (χ2n) is 2.99. The minimum atomic E-state index is -4.74. The fraction of sp³-hybridized carbons (Fsp3) is 0.300. The first-order chi connectivity index (χ1) is 7.90. The van der Waals surface area contributed by atoms with Crippen molar-refractivity contribution in [1.82, 2.24) is 4.98 Å². The summed E-state index contributed by atoms with van der Waals surface area (Å²) >= 11 is 0. The molecule has 0 saturated carbocycles. The average molecular weight is 247 g/mol. The van der Waals surface area contributed by atoms with Crippen molar-refractivity contribution in [1.29, 1.82) is 0 Å². The van der Waals surface area contributed by atoms with Crippen molar-refractivity contribution in [3.8, 4) is 0 Å². The van der Waals surface area contributed by atoms with Crippen molar-refractivity contribution in [2.45, 2.75) is 13.1 Å². The molecule has 0 aromatic carbocycles. The minimum absolute atomic E-state index is 0.0161. The summed E-state index contributed by atoms with van der Waals surface area (Å²) < 4.78 is 42.1. The molecule has 7 heteroatoms. The molecule has 0 aliphatic heterocycles. The lowest BCUT2D eigenvalue weighted by atomic mass is 10.1. The Morgan fingerprint density at radius 2 is 2.18 bits per heavy atom. The summed E-state index contributed by atoms with van der Waals surface area (Å²) in [6.07, 6.45) is -3.89. The molecule has 92 valence electrons. The first-order valence-electron chi connectivity index (χ1n) is 4.59. The highest BCUT2D eigenvalue weighted by atomic mass is 19.4. The normalized spacial score (nSPS) is 11.1. The van der Waals surface area contributed by atoms with Crippen molar-refractivity contribution in [2.24, 2.45) is 0 Å². The van der Waals surface area contributed by atoms with Crippen LogP contribution in [0.1, 0.15) is 33.3 Å². The number of alkyl halides is 3. The van der Waals surface area contributed by atoms with Crippen LogP contribution in [-0.2, 0) is 10.9 Å². The topological polar surface area (TPSA) is 56.3 Å². The smallest absolute Gasteiger partial charge is 0.418 e. The van der Waals surface area contributed by atoms with Crippen LogP contribution in [0.15, 0.2) is 12.3 Å². The zero-order chi connectivity index (χ0) is 13.1. The van der Waals surface area contributed by atoms with Gasteiger partial charge in [-0.15, -0.1) is 0 Å². The molecule has 0 radical (unpaired) electrons. The van der Waals surface area contributed by atoms with E-state index in [1.54, 1.807) is 0 Å². The predicted molar refractivity (Wildman–Crippen MR) is 50.6 cm³/mol. The lowest BCUT2D eigenvalue weighted by Gasteiger charge is -2.09. The fourth-order valence-electron chi connectivity index (χ4n) is 1.12. The van der Waals surface area contributed by atoms with Gasteiger partial charge in [-0.1, -0.05) is 0 Å². The van der Waals surface area contributed by atoms with Gasteiger partial charge in [0, 0.05) is 6.20 Å². The molecule has 0 saturated heterocycles. The molecule has 0 amide bonds. The molecular formula is C10H8F3NO3. The summed E-state index contributed by atoms with van der Waals surface area (Å²) in [6, 6.07) is 0.550. The first-order valence-corrected chi connectivity index (χ1v) is 4.59.